The highest BCUT2D eigenvalue weighted by atomic mass is 32.1. The molecule has 0 aliphatic heterocycles. The van der Waals surface area contributed by atoms with Crippen molar-refractivity contribution in [2.75, 3.05) is 33.2 Å². The van der Waals surface area contributed by atoms with Crippen LogP contribution in [-0.4, -0.2) is 73.0 Å². The lowest BCUT2D eigenvalue weighted by Gasteiger charge is -2.24. The first-order valence-corrected chi connectivity index (χ1v) is 15.3. The molecule has 2 atom stereocenters. The summed E-state index contributed by atoms with van der Waals surface area (Å²) in [5.41, 5.74) is 3.58. The zero-order valence-electron chi connectivity index (χ0n) is 25.3. The molecule has 226 valence electrons. The van der Waals surface area contributed by atoms with Crippen molar-refractivity contribution in [3.8, 4) is 0 Å². The number of likely N-dealkylation sites (N-methyl/N-ethyl adjacent to an activating group) is 1. The van der Waals surface area contributed by atoms with E-state index in [-0.39, 0.29) is 24.8 Å². The summed E-state index contributed by atoms with van der Waals surface area (Å²) in [7, 11) is 1.51. The van der Waals surface area contributed by atoms with Crippen molar-refractivity contribution < 1.29 is 14.4 Å². The lowest BCUT2D eigenvalue weighted by Crippen LogP contribution is -2.55. The Morgan fingerprint density at radius 1 is 1.00 bits per heavy atom. The summed E-state index contributed by atoms with van der Waals surface area (Å²) in [6.45, 7) is 14.7. The molecule has 0 bridgehead atoms. The van der Waals surface area contributed by atoms with Crippen molar-refractivity contribution in [1.29, 1.82) is 0 Å². The minimum Gasteiger partial charge on any atom is -0.350 e. The molecule has 1 aromatic heterocycles. The lowest BCUT2D eigenvalue weighted by molar-refractivity contribution is -0.124. The second-order valence-corrected chi connectivity index (χ2v) is 11.8. The van der Waals surface area contributed by atoms with E-state index in [4.69, 9.17) is 4.98 Å². The average molecular weight is 593 g/mol. The first-order valence-electron chi connectivity index (χ1n) is 14.5. The number of hydrogen-bond acceptors (Lipinski definition) is 6. The fraction of sp³-hybridized carbons (Fsp3) is 0.438. The number of aromatic nitrogens is 1. The lowest BCUT2D eigenvalue weighted by atomic mass is 10.0. The van der Waals surface area contributed by atoms with Crippen molar-refractivity contribution in [3.63, 3.8) is 0 Å². The van der Waals surface area contributed by atoms with Crippen LogP contribution in [-0.2, 0) is 22.4 Å². The van der Waals surface area contributed by atoms with Gasteiger partial charge in [-0.1, -0.05) is 70.7 Å². The molecule has 3 rings (SSSR count). The zero-order valence-corrected chi connectivity index (χ0v) is 26.1. The summed E-state index contributed by atoms with van der Waals surface area (Å²) >= 11 is 1.52. The van der Waals surface area contributed by atoms with E-state index in [1.165, 1.54) is 23.9 Å². The number of carbonyl (C=O) groups is 3. The fourth-order valence-corrected chi connectivity index (χ4v) is 5.62. The zero-order chi connectivity index (χ0) is 30.6. The van der Waals surface area contributed by atoms with Gasteiger partial charge in [-0.05, 0) is 48.7 Å². The third-order valence-electron chi connectivity index (χ3n) is 7.16. The summed E-state index contributed by atoms with van der Waals surface area (Å²) in [5, 5.41) is 12.1. The van der Waals surface area contributed by atoms with Gasteiger partial charge < -0.3 is 21.3 Å². The van der Waals surface area contributed by atoms with Gasteiger partial charge in [-0.15, -0.1) is 11.3 Å². The topological polar surface area (TPSA) is 115 Å². The molecule has 4 amide bonds. The summed E-state index contributed by atoms with van der Waals surface area (Å²) in [4.78, 5) is 45.7. The molecule has 0 spiro atoms. The Morgan fingerprint density at radius 2 is 1.71 bits per heavy atom. The Bertz CT molecular complexity index is 1350. The van der Waals surface area contributed by atoms with Crippen molar-refractivity contribution in [2.45, 2.75) is 58.5 Å². The number of nitrogens with zero attached hydrogens (tertiary/aromatic N) is 2. The normalized spacial score (nSPS) is 12.6. The Morgan fingerprint density at radius 3 is 2.36 bits per heavy atom. The Kier molecular flexibility index (Phi) is 12.5. The van der Waals surface area contributed by atoms with E-state index in [9.17, 15) is 14.4 Å². The molecule has 0 unspecified atom stereocenters. The van der Waals surface area contributed by atoms with Gasteiger partial charge in [0.25, 0.3) is 0 Å². The molecular weight excluding hydrogens is 548 g/mol. The predicted octanol–water partition coefficient (Wildman–Crippen LogP) is 4.00. The third-order valence-corrected chi connectivity index (χ3v) is 8.20. The monoisotopic (exact) mass is 592 g/mol. The van der Waals surface area contributed by atoms with Crippen LogP contribution in [0.5, 0.6) is 0 Å². The van der Waals surface area contributed by atoms with Crippen molar-refractivity contribution in [3.05, 3.63) is 76.8 Å². The van der Waals surface area contributed by atoms with E-state index < -0.39 is 18.1 Å². The molecule has 3 aromatic rings. The number of thiazole rings is 1. The van der Waals surface area contributed by atoms with Crippen LogP contribution in [0.1, 0.15) is 49.7 Å². The second-order valence-electron chi connectivity index (χ2n) is 10.6. The van der Waals surface area contributed by atoms with Gasteiger partial charge in [-0.2, -0.15) is 0 Å². The van der Waals surface area contributed by atoms with Crippen LogP contribution in [0.15, 0.2) is 60.7 Å². The van der Waals surface area contributed by atoms with Gasteiger partial charge in [0.15, 0.2) is 0 Å². The van der Waals surface area contributed by atoms with Crippen molar-refractivity contribution in [2.24, 2.45) is 0 Å². The molecule has 4 N–H and O–H groups in total. The molecule has 0 aliphatic carbocycles. The molecule has 9 nitrogen and oxygen atoms in total. The summed E-state index contributed by atoms with van der Waals surface area (Å²) in [6, 6.07) is 14.2. The fourth-order valence-electron chi connectivity index (χ4n) is 4.55. The summed E-state index contributed by atoms with van der Waals surface area (Å²) in [5.74, 6) is -0.202. The maximum absolute atomic E-state index is 13.6. The maximum Gasteiger partial charge on any atom is 0.315 e. The minimum absolute atomic E-state index is 0.211. The summed E-state index contributed by atoms with van der Waals surface area (Å²) < 4.78 is 1.05. The molecular formula is C32H44N6O3S. The van der Waals surface area contributed by atoms with Crippen LogP contribution in [0.3, 0.4) is 0 Å². The van der Waals surface area contributed by atoms with Gasteiger partial charge in [-0.25, -0.2) is 9.78 Å². The second kappa shape index (κ2) is 16.0. The number of carbonyl (C=O) groups excluding carboxylic acids is 3. The van der Waals surface area contributed by atoms with Gasteiger partial charge in [0.1, 0.15) is 6.04 Å². The molecule has 0 radical (unpaired) electrons. The quantitative estimate of drug-likeness (QED) is 0.199. The van der Waals surface area contributed by atoms with Crippen LogP contribution in [0.4, 0.5) is 4.79 Å². The largest absolute Gasteiger partial charge is 0.350 e. The van der Waals surface area contributed by atoms with Crippen LogP contribution < -0.4 is 21.3 Å². The highest BCUT2D eigenvalue weighted by Crippen LogP contribution is 2.27. The Labute approximate surface area is 253 Å². The number of amides is 4. The Balaban J connectivity index is 1.76. The van der Waals surface area contributed by atoms with Crippen LogP contribution in [0.25, 0.3) is 10.2 Å². The predicted molar refractivity (Wildman–Crippen MR) is 171 cm³/mol. The van der Waals surface area contributed by atoms with Gasteiger partial charge in [-0.3, -0.25) is 14.5 Å². The minimum atomic E-state index is -0.860. The van der Waals surface area contributed by atoms with Crippen molar-refractivity contribution >= 4 is 39.4 Å². The highest BCUT2D eigenvalue weighted by molar-refractivity contribution is 7.18. The van der Waals surface area contributed by atoms with E-state index in [0.717, 1.165) is 33.9 Å². The molecule has 10 heteroatoms. The number of hydrogen-bond donors (Lipinski definition) is 4. The standard InChI is InChI=1S/C32H44N6O3S/c1-7-38(8-2)20-22(5)30(39)34-19-25(16-23-12-10-9-11-13-23)35-31(40)27(37-32(41)33-6)18-29-36-26-15-14-24(21(3)4)17-28(26)42-29/h9-15,17,21,25,27H,5,7-8,16,18-20H2,1-4,6H3,(H,34,39)(H,35,40)(H2,33,37,41)/t25-,27-/m0/s1. The number of rotatable bonds is 15. The molecule has 1 heterocycles. The van der Waals surface area contributed by atoms with Gasteiger partial charge in [0, 0.05) is 32.1 Å². The SMILES string of the molecule is C=C(CN(CC)CC)C(=O)NC[C@H](Cc1ccccc1)NC(=O)[C@H](Cc1nc2ccc(C(C)C)cc2s1)NC(=O)NC. The van der Waals surface area contributed by atoms with E-state index >= 15 is 0 Å². The molecule has 0 saturated heterocycles. The van der Waals surface area contributed by atoms with E-state index in [1.807, 2.05) is 50.2 Å². The average Bonchev–Trinajstić information content (AvgIpc) is 3.39. The summed E-state index contributed by atoms with van der Waals surface area (Å²) in [6.07, 6.45) is 0.738. The molecule has 0 fully saturated rings. The van der Waals surface area contributed by atoms with Crippen LogP contribution in [0, 0.1) is 0 Å². The molecule has 42 heavy (non-hydrogen) atoms. The van der Waals surface area contributed by atoms with Crippen LogP contribution in [0.2, 0.25) is 0 Å². The first kappa shape index (κ1) is 32.8. The first-order chi connectivity index (χ1) is 20.1. The van der Waals surface area contributed by atoms with E-state index in [0.29, 0.717) is 24.5 Å². The third kappa shape index (κ3) is 9.66. The van der Waals surface area contributed by atoms with Gasteiger partial charge in [0.2, 0.25) is 11.8 Å². The van der Waals surface area contributed by atoms with Crippen molar-refractivity contribution in [1.82, 2.24) is 31.2 Å². The van der Waals surface area contributed by atoms with E-state index in [1.54, 1.807) is 0 Å². The van der Waals surface area contributed by atoms with Crippen LogP contribution >= 0.6 is 11.3 Å². The van der Waals surface area contributed by atoms with Gasteiger partial charge in [0.05, 0.1) is 21.3 Å². The number of benzene rings is 2. The number of nitrogens with one attached hydrogen (secondary N) is 4. The van der Waals surface area contributed by atoms with Gasteiger partial charge >= 0.3 is 6.03 Å². The molecule has 0 saturated carbocycles. The Hall–Kier alpha value is -3.76. The number of fused-ring (bicyclic) bond motifs is 1. The maximum atomic E-state index is 13.6. The molecule has 2 aromatic carbocycles. The smallest absolute Gasteiger partial charge is 0.315 e. The number of urea groups is 1. The highest BCUT2D eigenvalue weighted by Gasteiger charge is 2.26. The molecule has 0 aliphatic rings. The van der Waals surface area contributed by atoms with E-state index in [2.05, 4.69) is 58.7 Å².